The van der Waals surface area contributed by atoms with E-state index in [0.29, 0.717) is 21.6 Å². The van der Waals surface area contributed by atoms with E-state index in [9.17, 15) is 4.79 Å². The zero-order valence-corrected chi connectivity index (χ0v) is 19.0. The Labute approximate surface area is 200 Å². The average Bonchev–Trinajstić information content (AvgIpc) is 3.17. The third-order valence-electron chi connectivity index (χ3n) is 5.94. The Bertz CT molecular complexity index is 1460. The lowest BCUT2D eigenvalue weighted by atomic mass is 9.93. The summed E-state index contributed by atoms with van der Waals surface area (Å²) in [5.41, 5.74) is 4.83. The Morgan fingerprint density at radius 1 is 0.939 bits per heavy atom. The van der Waals surface area contributed by atoms with Crippen LogP contribution < -0.4 is 10.2 Å². The summed E-state index contributed by atoms with van der Waals surface area (Å²) >= 11 is 13.2. The van der Waals surface area contributed by atoms with Crippen LogP contribution in [-0.2, 0) is 4.79 Å². The van der Waals surface area contributed by atoms with Gasteiger partial charge in [0.2, 0.25) is 5.84 Å². The number of anilines is 2. The summed E-state index contributed by atoms with van der Waals surface area (Å²) < 4.78 is 1.77. The van der Waals surface area contributed by atoms with Gasteiger partial charge in [0.05, 0.1) is 38.8 Å². The first kappa shape index (κ1) is 20.0. The predicted molar refractivity (Wildman–Crippen MR) is 131 cm³/mol. The van der Waals surface area contributed by atoms with Gasteiger partial charge in [0.25, 0.3) is 5.91 Å². The Balaban J connectivity index is 1.69. The molecule has 8 heteroatoms. The molecule has 33 heavy (non-hydrogen) atoms. The highest BCUT2D eigenvalue weighted by Crippen LogP contribution is 2.49. The van der Waals surface area contributed by atoms with Crippen molar-refractivity contribution in [3.63, 3.8) is 0 Å². The quantitative estimate of drug-likeness (QED) is 0.383. The Hall–Kier alpha value is -3.61. The third kappa shape index (κ3) is 2.98. The molecule has 2 aliphatic heterocycles. The Morgan fingerprint density at radius 3 is 2.52 bits per heavy atom. The van der Waals surface area contributed by atoms with Crippen LogP contribution in [-0.4, -0.2) is 21.5 Å². The zero-order valence-electron chi connectivity index (χ0n) is 17.5. The molecule has 4 aromatic rings. The first-order valence-electron chi connectivity index (χ1n) is 10.4. The number of halogens is 2. The summed E-state index contributed by atoms with van der Waals surface area (Å²) in [6, 6.07) is 22.5. The molecule has 0 radical (unpaired) electrons. The van der Waals surface area contributed by atoms with Gasteiger partial charge in [-0.15, -0.1) is 0 Å². The predicted octanol–water partition coefficient (Wildman–Crippen LogP) is 6.08. The van der Waals surface area contributed by atoms with Crippen LogP contribution in [0.1, 0.15) is 22.9 Å². The van der Waals surface area contributed by atoms with E-state index in [1.807, 2.05) is 78.6 Å². The highest BCUT2D eigenvalue weighted by molar-refractivity contribution is 6.50. The molecule has 6 nitrogen and oxygen atoms in total. The molecule has 6 rings (SSSR count). The van der Waals surface area contributed by atoms with Gasteiger partial charge in [-0.1, -0.05) is 65.7 Å². The van der Waals surface area contributed by atoms with Crippen LogP contribution in [0.15, 0.2) is 77.8 Å². The minimum atomic E-state index is -0.441. The zero-order chi connectivity index (χ0) is 22.7. The van der Waals surface area contributed by atoms with Gasteiger partial charge in [-0.2, -0.15) is 5.10 Å². The number of fused-ring (bicyclic) bond motifs is 4. The Morgan fingerprint density at radius 2 is 1.70 bits per heavy atom. The van der Waals surface area contributed by atoms with Crippen molar-refractivity contribution in [3.05, 3.63) is 99.7 Å². The van der Waals surface area contributed by atoms with Crippen molar-refractivity contribution in [2.45, 2.75) is 13.0 Å². The van der Waals surface area contributed by atoms with Crippen molar-refractivity contribution in [1.29, 1.82) is 0 Å². The van der Waals surface area contributed by atoms with Crippen LogP contribution >= 0.6 is 23.2 Å². The molecule has 0 unspecified atom stereocenters. The topological polar surface area (TPSA) is 62.5 Å². The van der Waals surface area contributed by atoms with E-state index < -0.39 is 6.04 Å². The lowest BCUT2D eigenvalue weighted by molar-refractivity contribution is -0.110. The highest BCUT2D eigenvalue weighted by Gasteiger charge is 2.43. The van der Waals surface area contributed by atoms with Crippen LogP contribution in [0.5, 0.6) is 0 Å². The molecule has 0 aliphatic carbocycles. The van der Waals surface area contributed by atoms with Gasteiger partial charge in [-0.25, -0.2) is 9.67 Å². The standard InChI is InChI=1S/C25H17Cl2N5O/c1-14-20-22(16-10-7-11-17(26)21(16)27)31-19-13-6-5-12-18(19)28-25(33)24(31)29-23(20)32(30-14)15-8-3-2-4-9-15/h2-13,22H,1H3,(H,28,33)/t22-/m1/s1. The molecule has 162 valence electrons. The molecular formula is C25H17Cl2N5O. The van der Waals surface area contributed by atoms with E-state index >= 15 is 0 Å². The monoisotopic (exact) mass is 473 g/mol. The van der Waals surface area contributed by atoms with Gasteiger partial charge < -0.3 is 10.2 Å². The molecule has 3 heterocycles. The maximum atomic E-state index is 13.2. The van der Waals surface area contributed by atoms with E-state index in [-0.39, 0.29) is 11.7 Å². The fourth-order valence-corrected chi connectivity index (χ4v) is 4.93. The van der Waals surface area contributed by atoms with E-state index in [4.69, 9.17) is 33.3 Å². The maximum absolute atomic E-state index is 13.2. The second-order valence-electron chi connectivity index (χ2n) is 7.89. The van der Waals surface area contributed by atoms with Crippen molar-refractivity contribution in [2.75, 3.05) is 10.2 Å². The number of para-hydroxylation sites is 3. The third-order valence-corrected chi connectivity index (χ3v) is 6.78. The van der Waals surface area contributed by atoms with Crippen molar-refractivity contribution in [1.82, 2.24) is 9.78 Å². The number of benzene rings is 3. The number of nitrogens with one attached hydrogen (secondary N) is 1. The van der Waals surface area contributed by atoms with Crippen LogP contribution in [0.3, 0.4) is 0 Å². The number of aromatic nitrogens is 2. The lowest BCUT2D eigenvalue weighted by Crippen LogP contribution is -2.48. The summed E-state index contributed by atoms with van der Waals surface area (Å²) in [6.45, 7) is 1.94. The summed E-state index contributed by atoms with van der Waals surface area (Å²) in [6.07, 6.45) is 0. The first-order valence-corrected chi connectivity index (χ1v) is 11.2. The number of carbonyl (C=O) groups is 1. The van der Waals surface area contributed by atoms with Gasteiger partial charge in [-0.05, 0) is 42.8 Å². The highest BCUT2D eigenvalue weighted by atomic mass is 35.5. The largest absolute Gasteiger partial charge is 0.317 e. The Kier molecular flexibility index (Phi) is 4.54. The second kappa shape index (κ2) is 7.47. The number of hydrogen-bond donors (Lipinski definition) is 1. The van der Waals surface area contributed by atoms with Crippen LogP contribution in [0.2, 0.25) is 10.0 Å². The molecule has 1 aromatic heterocycles. The molecule has 1 amide bonds. The van der Waals surface area contributed by atoms with Crippen molar-refractivity contribution >= 4 is 52.1 Å². The van der Waals surface area contributed by atoms with E-state index in [1.165, 1.54) is 0 Å². The number of amides is 1. The molecular weight excluding hydrogens is 457 g/mol. The SMILES string of the molecule is Cc1nn(-c2ccccc2)c2c1[C@@H](c1cccc(Cl)c1Cl)N1C(=N2)C(=O)Nc2ccccc21. The van der Waals surface area contributed by atoms with E-state index in [2.05, 4.69) is 5.32 Å². The second-order valence-corrected chi connectivity index (χ2v) is 8.68. The number of nitrogens with zero attached hydrogens (tertiary/aromatic N) is 4. The number of aryl methyl sites for hydroxylation is 1. The number of amidine groups is 1. The molecule has 3 aromatic carbocycles. The van der Waals surface area contributed by atoms with Gasteiger partial charge >= 0.3 is 0 Å². The van der Waals surface area contributed by atoms with Gasteiger partial charge in [0, 0.05) is 5.56 Å². The summed E-state index contributed by atoms with van der Waals surface area (Å²) in [5, 5.41) is 8.64. The van der Waals surface area contributed by atoms with Crippen LogP contribution in [0.25, 0.3) is 5.69 Å². The van der Waals surface area contributed by atoms with E-state index in [0.717, 1.165) is 28.2 Å². The molecule has 0 spiro atoms. The summed E-state index contributed by atoms with van der Waals surface area (Å²) in [7, 11) is 0. The average molecular weight is 474 g/mol. The number of aliphatic imine (C=N–C) groups is 1. The maximum Gasteiger partial charge on any atom is 0.291 e. The van der Waals surface area contributed by atoms with Crippen molar-refractivity contribution < 1.29 is 4.79 Å². The molecule has 0 fully saturated rings. The number of rotatable bonds is 2. The van der Waals surface area contributed by atoms with Crippen molar-refractivity contribution in [2.24, 2.45) is 4.99 Å². The minimum absolute atomic E-state index is 0.277. The molecule has 2 aliphatic rings. The first-order chi connectivity index (χ1) is 16.0. The van der Waals surface area contributed by atoms with Crippen LogP contribution in [0.4, 0.5) is 17.2 Å². The number of hydrogen-bond acceptors (Lipinski definition) is 4. The summed E-state index contributed by atoms with van der Waals surface area (Å²) in [5.74, 6) is 0.584. The fourth-order valence-electron chi connectivity index (χ4n) is 4.52. The molecule has 0 bridgehead atoms. The molecule has 1 atom stereocenters. The smallest absolute Gasteiger partial charge is 0.291 e. The minimum Gasteiger partial charge on any atom is -0.317 e. The van der Waals surface area contributed by atoms with Crippen molar-refractivity contribution in [3.8, 4) is 5.69 Å². The van der Waals surface area contributed by atoms with E-state index in [1.54, 1.807) is 10.7 Å². The molecule has 0 saturated heterocycles. The van der Waals surface area contributed by atoms with Gasteiger partial charge in [-0.3, -0.25) is 4.79 Å². The molecule has 1 N–H and O–H groups in total. The van der Waals surface area contributed by atoms with Gasteiger partial charge in [0.15, 0.2) is 5.82 Å². The van der Waals surface area contributed by atoms with Crippen LogP contribution in [0, 0.1) is 6.92 Å². The normalized spacial score (nSPS) is 16.5. The van der Waals surface area contributed by atoms with Gasteiger partial charge in [0.1, 0.15) is 0 Å². The lowest BCUT2D eigenvalue weighted by Gasteiger charge is -2.40. The summed E-state index contributed by atoms with van der Waals surface area (Å²) in [4.78, 5) is 20.0. The number of carbonyl (C=O) groups excluding carboxylic acids is 1. The molecule has 0 saturated carbocycles. The fraction of sp³-hybridized carbons (Fsp3) is 0.0800.